The first kappa shape index (κ1) is 10.9. The summed E-state index contributed by atoms with van der Waals surface area (Å²) in [6.45, 7) is 2.12. The Morgan fingerprint density at radius 1 is 1.71 bits per heavy atom. The van der Waals surface area contributed by atoms with Crippen molar-refractivity contribution in [2.45, 2.75) is 13.5 Å². The summed E-state index contributed by atoms with van der Waals surface area (Å²) in [5, 5.41) is 13.5. The van der Waals surface area contributed by atoms with Gasteiger partial charge in [0.25, 0.3) is 0 Å². The maximum Gasteiger partial charge on any atom is 0.217 e. The van der Waals surface area contributed by atoms with Gasteiger partial charge in [-0.15, -0.1) is 11.3 Å². The zero-order chi connectivity index (χ0) is 10.4. The van der Waals surface area contributed by atoms with Crippen LogP contribution >= 0.6 is 11.3 Å². The fourth-order valence-corrected chi connectivity index (χ4v) is 1.68. The van der Waals surface area contributed by atoms with Gasteiger partial charge in [0.05, 0.1) is 6.61 Å². The number of nitrogens with one attached hydrogen (secondary N) is 1. The van der Waals surface area contributed by atoms with Gasteiger partial charge in [0, 0.05) is 18.3 Å². The van der Waals surface area contributed by atoms with Crippen molar-refractivity contribution < 1.29 is 9.90 Å². The summed E-state index contributed by atoms with van der Waals surface area (Å²) in [5.41, 5.74) is 1.06. The van der Waals surface area contributed by atoms with E-state index in [9.17, 15) is 4.79 Å². The molecule has 1 heterocycles. The Morgan fingerprint density at radius 3 is 3.07 bits per heavy atom. The molecule has 2 N–H and O–H groups in total. The topological polar surface area (TPSA) is 49.3 Å². The molecule has 0 spiro atoms. The van der Waals surface area contributed by atoms with Crippen LogP contribution in [0.25, 0.3) is 6.08 Å². The van der Waals surface area contributed by atoms with Crippen molar-refractivity contribution in [3.05, 3.63) is 28.0 Å². The summed E-state index contributed by atoms with van der Waals surface area (Å²) in [6.07, 6.45) is 3.80. The normalized spacial score (nSPS) is 10.7. The summed E-state index contributed by atoms with van der Waals surface area (Å²) in [5.74, 6) is -0.0315. The highest BCUT2D eigenvalue weighted by Gasteiger charge is 1.94. The number of hydrogen-bond donors (Lipinski definition) is 2. The molecule has 0 radical (unpaired) electrons. The summed E-state index contributed by atoms with van der Waals surface area (Å²) >= 11 is 1.53. The summed E-state index contributed by atoms with van der Waals surface area (Å²) in [6, 6.07) is 1.93. The van der Waals surface area contributed by atoms with Crippen LogP contribution in [0.3, 0.4) is 0 Å². The van der Waals surface area contributed by atoms with Gasteiger partial charge >= 0.3 is 0 Å². The smallest absolute Gasteiger partial charge is 0.217 e. The number of thiophene rings is 1. The van der Waals surface area contributed by atoms with E-state index in [1.54, 1.807) is 0 Å². The van der Waals surface area contributed by atoms with E-state index < -0.39 is 0 Å². The van der Waals surface area contributed by atoms with Crippen LogP contribution < -0.4 is 5.32 Å². The molecule has 0 aliphatic rings. The standard InChI is InChI=1S/C10H13NO2S/c1-8(13)11-4-2-3-9-5-10(6-12)14-7-9/h2-3,5,7,12H,4,6H2,1H3,(H,11,13). The zero-order valence-electron chi connectivity index (χ0n) is 7.99. The minimum atomic E-state index is -0.0315. The average Bonchev–Trinajstić information content (AvgIpc) is 2.60. The molecular weight excluding hydrogens is 198 g/mol. The molecule has 1 aromatic heterocycles. The van der Waals surface area contributed by atoms with Gasteiger partial charge in [0.15, 0.2) is 0 Å². The molecular formula is C10H13NO2S. The lowest BCUT2D eigenvalue weighted by Crippen LogP contribution is -2.19. The van der Waals surface area contributed by atoms with E-state index in [-0.39, 0.29) is 12.5 Å². The van der Waals surface area contributed by atoms with E-state index in [2.05, 4.69) is 5.32 Å². The molecule has 0 unspecified atom stereocenters. The Morgan fingerprint density at radius 2 is 2.50 bits per heavy atom. The van der Waals surface area contributed by atoms with Crippen LogP contribution in [0.2, 0.25) is 0 Å². The lowest BCUT2D eigenvalue weighted by atomic mass is 10.3. The fourth-order valence-electron chi connectivity index (χ4n) is 0.966. The van der Waals surface area contributed by atoms with Gasteiger partial charge in [-0.25, -0.2) is 0 Å². The van der Waals surface area contributed by atoms with Crippen LogP contribution in [-0.4, -0.2) is 17.6 Å². The lowest BCUT2D eigenvalue weighted by Gasteiger charge is -1.93. The second-order valence-corrected chi connectivity index (χ2v) is 3.84. The molecule has 0 atom stereocenters. The Balaban J connectivity index is 2.39. The van der Waals surface area contributed by atoms with Gasteiger partial charge < -0.3 is 10.4 Å². The predicted molar refractivity (Wildman–Crippen MR) is 58.0 cm³/mol. The van der Waals surface area contributed by atoms with Crippen molar-refractivity contribution in [1.29, 1.82) is 0 Å². The van der Waals surface area contributed by atoms with E-state index in [0.29, 0.717) is 6.54 Å². The molecule has 0 aliphatic heterocycles. The van der Waals surface area contributed by atoms with Gasteiger partial charge in [-0.3, -0.25) is 4.79 Å². The van der Waals surface area contributed by atoms with Gasteiger partial charge in [0.2, 0.25) is 5.91 Å². The molecule has 0 bridgehead atoms. The van der Waals surface area contributed by atoms with Crippen molar-refractivity contribution >= 4 is 23.3 Å². The average molecular weight is 211 g/mol. The van der Waals surface area contributed by atoms with Gasteiger partial charge in [-0.1, -0.05) is 12.2 Å². The first-order chi connectivity index (χ1) is 6.72. The highest BCUT2D eigenvalue weighted by Crippen LogP contribution is 2.15. The molecule has 0 saturated heterocycles. The van der Waals surface area contributed by atoms with Crippen LogP contribution in [0.4, 0.5) is 0 Å². The number of hydrogen-bond acceptors (Lipinski definition) is 3. The number of aliphatic hydroxyl groups excluding tert-OH is 1. The number of carbonyl (C=O) groups excluding carboxylic acids is 1. The van der Waals surface area contributed by atoms with Crippen molar-refractivity contribution in [1.82, 2.24) is 5.32 Å². The van der Waals surface area contributed by atoms with Crippen LogP contribution in [-0.2, 0) is 11.4 Å². The van der Waals surface area contributed by atoms with Crippen LogP contribution in [0, 0.1) is 0 Å². The van der Waals surface area contributed by atoms with Crippen molar-refractivity contribution in [3.63, 3.8) is 0 Å². The van der Waals surface area contributed by atoms with Crippen LogP contribution in [0.15, 0.2) is 17.5 Å². The predicted octanol–water partition coefficient (Wildman–Crippen LogP) is 1.39. The van der Waals surface area contributed by atoms with E-state index in [0.717, 1.165) is 10.4 Å². The van der Waals surface area contributed by atoms with E-state index >= 15 is 0 Å². The maximum absolute atomic E-state index is 10.5. The largest absolute Gasteiger partial charge is 0.391 e. The highest BCUT2D eigenvalue weighted by molar-refractivity contribution is 7.10. The molecule has 0 aliphatic carbocycles. The third-order valence-corrected chi connectivity index (χ3v) is 2.55. The number of rotatable bonds is 4. The highest BCUT2D eigenvalue weighted by atomic mass is 32.1. The Kier molecular flexibility index (Phi) is 4.35. The lowest BCUT2D eigenvalue weighted by molar-refractivity contribution is -0.118. The Hall–Kier alpha value is -1.13. The minimum absolute atomic E-state index is 0.0315. The summed E-state index contributed by atoms with van der Waals surface area (Å²) < 4.78 is 0. The van der Waals surface area contributed by atoms with Crippen molar-refractivity contribution in [2.75, 3.05) is 6.54 Å². The number of aliphatic hydroxyl groups is 1. The first-order valence-electron chi connectivity index (χ1n) is 4.31. The minimum Gasteiger partial charge on any atom is -0.391 e. The first-order valence-corrected chi connectivity index (χ1v) is 5.19. The molecule has 0 fully saturated rings. The number of carbonyl (C=O) groups is 1. The molecule has 0 aromatic carbocycles. The van der Waals surface area contributed by atoms with E-state index in [1.165, 1.54) is 18.3 Å². The van der Waals surface area contributed by atoms with E-state index in [4.69, 9.17) is 5.11 Å². The molecule has 0 saturated carbocycles. The van der Waals surface area contributed by atoms with Gasteiger partial charge in [-0.2, -0.15) is 0 Å². The summed E-state index contributed by atoms with van der Waals surface area (Å²) in [7, 11) is 0. The van der Waals surface area contributed by atoms with Crippen molar-refractivity contribution in [3.8, 4) is 0 Å². The molecule has 3 nitrogen and oxygen atoms in total. The second kappa shape index (κ2) is 5.57. The SMILES string of the molecule is CC(=O)NCC=Cc1csc(CO)c1. The molecule has 1 amide bonds. The fraction of sp³-hybridized carbons (Fsp3) is 0.300. The quantitative estimate of drug-likeness (QED) is 0.790. The summed E-state index contributed by atoms with van der Waals surface area (Å²) in [4.78, 5) is 11.5. The van der Waals surface area contributed by atoms with Crippen LogP contribution in [0.1, 0.15) is 17.4 Å². The monoisotopic (exact) mass is 211 g/mol. The third kappa shape index (κ3) is 3.72. The zero-order valence-corrected chi connectivity index (χ0v) is 8.80. The maximum atomic E-state index is 10.5. The van der Waals surface area contributed by atoms with Crippen LogP contribution in [0.5, 0.6) is 0 Å². The van der Waals surface area contributed by atoms with Crippen molar-refractivity contribution in [2.24, 2.45) is 0 Å². The second-order valence-electron chi connectivity index (χ2n) is 2.84. The Bertz CT molecular complexity index is 331. The van der Waals surface area contributed by atoms with E-state index in [1.807, 2.05) is 23.6 Å². The molecule has 1 aromatic rings. The van der Waals surface area contributed by atoms with Gasteiger partial charge in [-0.05, 0) is 17.0 Å². The number of amides is 1. The van der Waals surface area contributed by atoms with Gasteiger partial charge in [0.1, 0.15) is 0 Å². The molecule has 1 rings (SSSR count). The third-order valence-electron chi connectivity index (χ3n) is 1.61. The molecule has 76 valence electrons. The molecule has 14 heavy (non-hydrogen) atoms. The molecule has 4 heteroatoms. The Labute approximate surface area is 87.1 Å².